The van der Waals surface area contributed by atoms with Crippen molar-refractivity contribution in [3.8, 4) is 11.3 Å². The maximum Gasteiger partial charge on any atom is 0.256 e. The first-order chi connectivity index (χ1) is 17.0. The summed E-state index contributed by atoms with van der Waals surface area (Å²) in [7, 11) is 0. The summed E-state index contributed by atoms with van der Waals surface area (Å²) in [6.45, 7) is 3.92. The molecule has 0 radical (unpaired) electrons. The van der Waals surface area contributed by atoms with E-state index in [2.05, 4.69) is 30.9 Å². The lowest BCUT2D eigenvalue weighted by Crippen LogP contribution is -2.15. The van der Waals surface area contributed by atoms with Crippen LogP contribution in [-0.4, -0.2) is 26.8 Å². The zero-order valence-electron chi connectivity index (χ0n) is 19.4. The molecule has 3 N–H and O–H groups in total. The third kappa shape index (κ3) is 4.72. The summed E-state index contributed by atoms with van der Waals surface area (Å²) < 4.78 is 0. The number of nitrogens with zero attached hydrogens (tertiary/aromatic N) is 3. The first-order valence-corrected chi connectivity index (χ1v) is 11.4. The molecule has 0 bridgehead atoms. The number of aromatic nitrogens is 3. The molecule has 0 saturated heterocycles. The zero-order valence-corrected chi connectivity index (χ0v) is 19.4. The van der Waals surface area contributed by atoms with Crippen molar-refractivity contribution in [2.75, 3.05) is 16.0 Å². The van der Waals surface area contributed by atoms with E-state index in [-0.39, 0.29) is 18.2 Å². The number of pyridine rings is 1. The Bertz CT molecular complexity index is 1430. The molecule has 1 aliphatic rings. The highest BCUT2D eigenvalue weighted by molar-refractivity contribution is 6.04. The molecule has 0 unspecified atom stereocenters. The molecule has 0 saturated carbocycles. The molecule has 8 nitrogen and oxygen atoms in total. The van der Waals surface area contributed by atoms with E-state index >= 15 is 0 Å². The van der Waals surface area contributed by atoms with Crippen molar-refractivity contribution < 1.29 is 9.59 Å². The quantitative estimate of drug-likeness (QED) is 0.388. The topological polar surface area (TPSA) is 109 Å². The van der Waals surface area contributed by atoms with Crippen LogP contribution in [0.4, 0.5) is 23.1 Å². The first kappa shape index (κ1) is 22.2. The number of carbonyl (C=O) groups is 2. The number of amides is 2. The molecule has 174 valence electrons. The molecule has 0 atom stereocenters. The van der Waals surface area contributed by atoms with E-state index in [0.717, 1.165) is 40.2 Å². The van der Waals surface area contributed by atoms with Crippen molar-refractivity contribution >= 4 is 35.0 Å². The van der Waals surface area contributed by atoms with Gasteiger partial charge < -0.3 is 16.0 Å². The Labute approximate surface area is 202 Å². The van der Waals surface area contributed by atoms with E-state index in [1.165, 1.54) is 0 Å². The van der Waals surface area contributed by atoms with Gasteiger partial charge in [-0.05, 0) is 55.3 Å². The lowest BCUT2D eigenvalue weighted by atomic mass is 10.1. The number of hydrogen-bond donors (Lipinski definition) is 3. The van der Waals surface area contributed by atoms with Crippen molar-refractivity contribution in [3.63, 3.8) is 0 Å². The predicted octanol–water partition coefficient (Wildman–Crippen LogP) is 4.90. The highest BCUT2D eigenvalue weighted by Crippen LogP contribution is 2.32. The summed E-state index contributed by atoms with van der Waals surface area (Å²) in [4.78, 5) is 38.5. The van der Waals surface area contributed by atoms with E-state index in [0.29, 0.717) is 23.0 Å². The van der Waals surface area contributed by atoms with Gasteiger partial charge in [0.15, 0.2) is 0 Å². The molecule has 5 rings (SSSR count). The fourth-order valence-electron chi connectivity index (χ4n) is 3.99. The monoisotopic (exact) mass is 464 g/mol. The number of carbonyl (C=O) groups excluding carboxylic acids is 2. The van der Waals surface area contributed by atoms with Gasteiger partial charge in [-0.15, -0.1) is 0 Å². The van der Waals surface area contributed by atoms with E-state index < -0.39 is 0 Å². The van der Waals surface area contributed by atoms with Crippen LogP contribution in [0.5, 0.6) is 0 Å². The van der Waals surface area contributed by atoms with Gasteiger partial charge >= 0.3 is 0 Å². The molecule has 3 heterocycles. The second kappa shape index (κ2) is 9.34. The number of aryl methyl sites for hydroxylation is 2. The largest absolute Gasteiger partial charge is 0.325 e. The maximum atomic E-state index is 12.8. The van der Waals surface area contributed by atoms with Crippen LogP contribution in [-0.2, 0) is 17.6 Å². The van der Waals surface area contributed by atoms with Crippen molar-refractivity contribution in [3.05, 3.63) is 89.2 Å². The van der Waals surface area contributed by atoms with Gasteiger partial charge in [-0.1, -0.05) is 31.2 Å². The second-order valence-corrected chi connectivity index (χ2v) is 8.31. The van der Waals surface area contributed by atoms with E-state index in [1.54, 1.807) is 30.5 Å². The van der Waals surface area contributed by atoms with Crippen molar-refractivity contribution in [1.29, 1.82) is 0 Å². The number of rotatable bonds is 5. The highest BCUT2D eigenvalue weighted by Gasteiger charge is 2.20. The van der Waals surface area contributed by atoms with Crippen molar-refractivity contribution in [2.24, 2.45) is 0 Å². The van der Waals surface area contributed by atoms with Crippen LogP contribution >= 0.6 is 0 Å². The Hall–Kier alpha value is -4.59. The Kier molecular flexibility index (Phi) is 5.93. The minimum Gasteiger partial charge on any atom is -0.325 e. The Morgan fingerprint density at radius 1 is 1.03 bits per heavy atom. The molecule has 8 heteroatoms. The van der Waals surface area contributed by atoms with Crippen LogP contribution in [0.3, 0.4) is 0 Å². The Morgan fingerprint density at radius 2 is 1.83 bits per heavy atom. The van der Waals surface area contributed by atoms with Gasteiger partial charge in [0.2, 0.25) is 11.9 Å². The normalized spacial score (nSPS) is 12.1. The van der Waals surface area contributed by atoms with Crippen LogP contribution in [0.2, 0.25) is 0 Å². The molecule has 0 fully saturated rings. The fourth-order valence-corrected chi connectivity index (χ4v) is 3.99. The summed E-state index contributed by atoms with van der Waals surface area (Å²) in [6.07, 6.45) is 2.67. The molecule has 0 aliphatic carbocycles. The Balaban J connectivity index is 1.35. The smallest absolute Gasteiger partial charge is 0.256 e. The average molecular weight is 465 g/mol. The van der Waals surface area contributed by atoms with Gasteiger partial charge in [0.05, 0.1) is 17.8 Å². The lowest BCUT2D eigenvalue weighted by molar-refractivity contribution is -0.115. The van der Waals surface area contributed by atoms with Gasteiger partial charge in [0.1, 0.15) is 5.82 Å². The van der Waals surface area contributed by atoms with Gasteiger partial charge in [0, 0.05) is 34.3 Å². The third-order valence-electron chi connectivity index (χ3n) is 5.81. The third-order valence-corrected chi connectivity index (χ3v) is 5.81. The number of fused-ring (bicyclic) bond motifs is 3. The number of para-hydroxylation sites is 1. The van der Waals surface area contributed by atoms with Crippen LogP contribution in [0, 0.1) is 6.92 Å². The predicted molar refractivity (Wildman–Crippen MR) is 136 cm³/mol. The zero-order chi connectivity index (χ0) is 24.4. The van der Waals surface area contributed by atoms with Crippen LogP contribution in [0.15, 0.2) is 66.9 Å². The molecule has 4 aromatic rings. The molecular formula is C27H24N6O2. The number of anilines is 4. The fraction of sp³-hybridized carbons (Fsp3) is 0.148. The molecule has 0 spiro atoms. The van der Waals surface area contributed by atoms with Crippen molar-refractivity contribution in [1.82, 2.24) is 15.0 Å². The summed E-state index contributed by atoms with van der Waals surface area (Å²) in [5.74, 6) is 0.675. The minimum absolute atomic E-state index is 0.0960. The van der Waals surface area contributed by atoms with E-state index in [4.69, 9.17) is 0 Å². The second-order valence-electron chi connectivity index (χ2n) is 8.31. The first-order valence-electron chi connectivity index (χ1n) is 11.4. The number of benzene rings is 2. The summed E-state index contributed by atoms with van der Waals surface area (Å²) >= 11 is 0. The molecule has 35 heavy (non-hydrogen) atoms. The standard InChI is InChI=1S/C27H24N6O2/c1-3-17-9-8-16(2)29-25(17)33-26(35)18-10-12-20(13-11-18)30-27-28-15-19-14-23(34)31-22-7-5-4-6-21(22)24(19)32-27/h4-13,15H,3,14H2,1-2H3,(H,31,34)(H,28,30,32)(H,29,33,35). The van der Waals surface area contributed by atoms with E-state index in [1.807, 2.05) is 50.2 Å². The molecule has 2 aromatic carbocycles. The van der Waals surface area contributed by atoms with Crippen LogP contribution in [0.25, 0.3) is 11.3 Å². The molecule has 1 aliphatic heterocycles. The maximum absolute atomic E-state index is 12.8. The number of nitrogens with one attached hydrogen (secondary N) is 3. The van der Waals surface area contributed by atoms with Crippen molar-refractivity contribution in [2.45, 2.75) is 26.7 Å². The summed E-state index contributed by atoms with van der Waals surface area (Å²) in [6, 6.07) is 18.6. The van der Waals surface area contributed by atoms with E-state index in [9.17, 15) is 9.59 Å². The molecular weight excluding hydrogens is 440 g/mol. The Morgan fingerprint density at radius 3 is 2.63 bits per heavy atom. The number of hydrogen-bond acceptors (Lipinski definition) is 6. The molecule has 2 aromatic heterocycles. The average Bonchev–Trinajstić information content (AvgIpc) is 3.00. The van der Waals surface area contributed by atoms with Gasteiger partial charge in [0.25, 0.3) is 5.91 Å². The lowest BCUT2D eigenvalue weighted by Gasteiger charge is -2.11. The van der Waals surface area contributed by atoms with Gasteiger partial charge in [-0.3, -0.25) is 9.59 Å². The summed E-state index contributed by atoms with van der Waals surface area (Å²) in [5, 5.41) is 9.01. The SMILES string of the molecule is CCc1ccc(C)nc1NC(=O)c1ccc(Nc2ncc3c(n2)-c2ccccc2NC(=O)C3)cc1. The van der Waals surface area contributed by atoms with Gasteiger partial charge in [-0.2, -0.15) is 0 Å². The minimum atomic E-state index is -0.223. The van der Waals surface area contributed by atoms with Crippen LogP contribution < -0.4 is 16.0 Å². The molecule has 2 amide bonds. The summed E-state index contributed by atoms with van der Waals surface area (Å²) in [5.41, 5.74) is 6.14. The highest BCUT2D eigenvalue weighted by atomic mass is 16.2. The van der Waals surface area contributed by atoms with Crippen LogP contribution in [0.1, 0.15) is 34.1 Å². The van der Waals surface area contributed by atoms with Gasteiger partial charge in [-0.25, -0.2) is 15.0 Å².